The van der Waals surface area contributed by atoms with Crippen LogP contribution in [-0.2, 0) is 33.6 Å². The summed E-state index contributed by atoms with van der Waals surface area (Å²) in [6.07, 6.45) is 0. The van der Waals surface area contributed by atoms with Gasteiger partial charge in [0.2, 0.25) is 15.8 Å². The number of benzene rings is 1. The number of nitrogens with one attached hydrogen (secondary N) is 2. The van der Waals surface area contributed by atoms with Gasteiger partial charge < -0.3 is 14.5 Å². The normalized spacial score (nSPS) is 11.7. The van der Waals surface area contributed by atoms with Crippen molar-refractivity contribution in [1.82, 2.24) is 10.0 Å². The van der Waals surface area contributed by atoms with Gasteiger partial charge >= 0.3 is 5.97 Å². The molecule has 1 aromatic heterocycles. The standard InChI is InChI=1S/C18H24N2O5S/c1-13(2)20-26(22,23)12-15-7-5-4-6-14(15)10-19-11-16-8-9-17(25-16)18(21)24-3/h4-9,13,19-20H,10-12H2,1-3H3. The molecular formula is C18H24N2O5S. The Labute approximate surface area is 153 Å². The zero-order valence-electron chi connectivity index (χ0n) is 15.1. The van der Waals surface area contributed by atoms with Crippen LogP contribution in [-0.4, -0.2) is 27.5 Å². The Kier molecular flexibility index (Phi) is 6.96. The van der Waals surface area contributed by atoms with E-state index < -0.39 is 16.0 Å². The third-order valence-corrected chi connectivity index (χ3v) is 5.06. The second-order valence-corrected chi connectivity index (χ2v) is 7.92. The molecule has 0 saturated carbocycles. The Balaban J connectivity index is 1.98. The van der Waals surface area contributed by atoms with Gasteiger partial charge in [0.1, 0.15) is 5.76 Å². The van der Waals surface area contributed by atoms with E-state index in [1.807, 2.05) is 18.2 Å². The highest BCUT2D eigenvalue weighted by atomic mass is 32.2. The fraction of sp³-hybridized carbons (Fsp3) is 0.389. The molecule has 0 saturated heterocycles. The predicted octanol–water partition coefficient (Wildman–Crippen LogP) is 2.18. The van der Waals surface area contributed by atoms with Crippen molar-refractivity contribution >= 4 is 16.0 Å². The van der Waals surface area contributed by atoms with Crippen molar-refractivity contribution in [2.45, 2.75) is 38.7 Å². The summed E-state index contributed by atoms with van der Waals surface area (Å²) in [7, 11) is -2.10. The molecule has 0 unspecified atom stereocenters. The van der Waals surface area contributed by atoms with E-state index in [1.54, 1.807) is 32.0 Å². The number of carbonyl (C=O) groups excluding carboxylic acids is 1. The molecule has 2 N–H and O–H groups in total. The third-order valence-electron chi connectivity index (χ3n) is 3.54. The lowest BCUT2D eigenvalue weighted by atomic mass is 10.1. The van der Waals surface area contributed by atoms with Crippen LogP contribution in [0.2, 0.25) is 0 Å². The van der Waals surface area contributed by atoms with Crippen LogP contribution < -0.4 is 10.0 Å². The Bertz CT molecular complexity index is 843. The molecule has 2 rings (SSSR count). The SMILES string of the molecule is COC(=O)c1ccc(CNCc2ccccc2CS(=O)(=O)NC(C)C)o1. The molecule has 0 aliphatic rings. The van der Waals surface area contributed by atoms with Crippen molar-refractivity contribution in [3.05, 3.63) is 59.0 Å². The molecule has 0 bridgehead atoms. The van der Waals surface area contributed by atoms with Crippen molar-refractivity contribution in [2.75, 3.05) is 7.11 Å². The molecule has 1 heterocycles. The van der Waals surface area contributed by atoms with E-state index in [0.717, 1.165) is 11.1 Å². The molecule has 142 valence electrons. The highest BCUT2D eigenvalue weighted by Crippen LogP contribution is 2.14. The van der Waals surface area contributed by atoms with Crippen LogP contribution in [0.15, 0.2) is 40.8 Å². The van der Waals surface area contributed by atoms with E-state index in [4.69, 9.17) is 4.42 Å². The van der Waals surface area contributed by atoms with Gasteiger partial charge in [-0.1, -0.05) is 24.3 Å². The van der Waals surface area contributed by atoms with E-state index >= 15 is 0 Å². The Morgan fingerprint density at radius 2 is 1.81 bits per heavy atom. The first-order valence-corrected chi connectivity index (χ1v) is 9.90. The summed E-state index contributed by atoms with van der Waals surface area (Å²) >= 11 is 0. The zero-order valence-corrected chi connectivity index (χ0v) is 15.9. The summed E-state index contributed by atoms with van der Waals surface area (Å²) in [6.45, 7) is 4.46. The van der Waals surface area contributed by atoms with Crippen molar-refractivity contribution in [3.8, 4) is 0 Å². The van der Waals surface area contributed by atoms with Crippen LogP contribution in [0.4, 0.5) is 0 Å². The predicted molar refractivity (Wildman–Crippen MR) is 97.9 cm³/mol. The molecule has 0 spiro atoms. The monoisotopic (exact) mass is 380 g/mol. The van der Waals surface area contributed by atoms with E-state index in [1.165, 1.54) is 7.11 Å². The van der Waals surface area contributed by atoms with E-state index in [0.29, 0.717) is 18.8 Å². The average molecular weight is 380 g/mol. The van der Waals surface area contributed by atoms with Gasteiger partial charge in [-0.25, -0.2) is 17.9 Å². The number of rotatable bonds is 9. The summed E-state index contributed by atoms with van der Waals surface area (Å²) < 4.78 is 36.9. The summed E-state index contributed by atoms with van der Waals surface area (Å²) in [4.78, 5) is 11.4. The zero-order chi connectivity index (χ0) is 19.2. The van der Waals surface area contributed by atoms with Gasteiger partial charge in [-0.05, 0) is 37.1 Å². The van der Waals surface area contributed by atoms with Crippen molar-refractivity contribution in [1.29, 1.82) is 0 Å². The Morgan fingerprint density at radius 3 is 2.46 bits per heavy atom. The van der Waals surface area contributed by atoms with E-state index in [9.17, 15) is 13.2 Å². The van der Waals surface area contributed by atoms with Gasteiger partial charge in [0, 0.05) is 12.6 Å². The molecule has 0 fully saturated rings. The minimum absolute atomic E-state index is 0.0731. The number of ether oxygens (including phenoxy) is 1. The van der Waals surface area contributed by atoms with Crippen molar-refractivity contribution in [3.63, 3.8) is 0 Å². The molecule has 7 nitrogen and oxygen atoms in total. The Hall–Kier alpha value is -2.16. The van der Waals surface area contributed by atoms with Gasteiger partial charge in [-0.2, -0.15) is 0 Å². The molecule has 0 aliphatic heterocycles. The number of methoxy groups -OCH3 is 1. The van der Waals surface area contributed by atoms with Crippen LogP contribution >= 0.6 is 0 Å². The first-order chi connectivity index (χ1) is 12.3. The molecule has 0 aliphatic carbocycles. The Morgan fingerprint density at radius 1 is 1.12 bits per heavy atom. The smallest absolute Gasteiger partial charge is 0.373 e. The topological polar surface area (TPSA) is 97.6 Å². The van der Waals surface area contributed by atoms with Crippen LogP contribution in [0.1, 0.15) is 41.3 Å². The molecule has 8 heteroatoms. The maximum absolute atomic E-state index is 12.2. The minimum Gasteiger partial charge on any atom is -0.463 e. The molecule has 26 heavy (non-hydrogen) atoms. The summed E-state index contributed by atoms with van der Waals surface area (Å²) in [5, 5.41) is 3.19. The molecule has 0 amide bonds. The lowest BCUT2D eigenvalue weighted by molar-refractivity contribution is 0.0563. The van der Waals surface area contributed by atoms with E-state index in [-0.39, 0.29) is 17.6 Å². The highest BCUT2D eigenvalue weighted by molar-refractivity contribution is 7.88. The van der Waals surface area contributed by atoms with Gasteiger partial charge in [0.15, 0.2) is 0 Å². The molecule has 2 aromatic rings. The van der Waals surface area contributed by atoms with Gasteiger partial charge in [-0.3, -0.25) is 0 Å². The lowest BCUT2D eigenvalue weighted by Crippen LogP contribution is -2.31. The first-order valence-electron chi connectivity index (χ1n) is 8.25. The number of carbonyl (C=O) groups is 1. The molecule has 0 radical (unpaired) electrons. The second-order valence-electron chi connectivity index (χ2n) is 6.16. The van der Waals surface area contributed by atoms with E-state index in [2.05, 4.69) is 14.8 Å². The van der Waals surface area contributed by atoms with Gasteiger partial charge in [-0.15, -0.1) is 0 Å². The maximum Gasteiger partial charge on any atom is 0.373 e. The fourth-order valence-electron chi connectivity index (χ4n) is 2.48. The van der Waals surface area contributed by atoms with Crippen LogP contribution in [0.25, 0.3) is 0 Å². The number of hydrogen-bond donors (Lipinski definition) is 2. The highest BCUT2D eigenvalue weighted by Gasteiger charge is 2.15. The molecule has 1 aromatic carbocycles. The number of sulfonamides is 1. The summed E-state index contributed by atoms with van der Waals surface area (Å²) in [6, 6.07) is 10.5. The molecule has 0 atom stereocenters. The maximum atomic E-state index is 12.2. The average Bonchev–Trinajstić information content (AvgIpc) is 3.03. The van der Waals surface area contributed by atoms with Gasteiger partial charge in [0.25, 0.3) is 0 Å². The van der Waals surface area contributed by atoms with Crippen molar-refractivity contribution < 1.29 is 22.4 Å². The largest absolute Gasteiger partial charge is 0.463 e. The molecular weight excluding hydrogens is 356 g/mol. The third kappa shape index (κ3) is 5.98. The quantitative estimate of drug-likeness (QED) is 0.647. The minimum atomic E-state index is -3.39. The van der Waals surface area contributed by atoms with Crippen LogP contribution in [0.5, 0.6) is 0 Å². The summed E-state index contributed by atoms with van der Waals surface area (Å²) in [5.41, 5.74) is 1.63. The fourth-order valence-corrected chi connectivity index (χ4v) is 3.97. The first kappa shape index (κ1) is 20.2. The number of esters is 1. The second kappa shape index (κ2) is 8.98. The summed E-state index contributed by atoms with van der Waals surface area (Å²) in [5.74, 6) is 0.146. The lowest BCUT2D eigenvalue weighted by Gasteiger charge is -2.13. The van der Waals surface area contributed by atoms with Gasteiger partial charge in [0.05, 0.1) is 19.4 Å². The van der Waals surface area contributed by atoms with Crippen LogP contribution in [0.3, 0.4) is 0 Å². The number of hydrogen-bond acceptors (Lipinski definition) is 6. The van der Waals surface area contributed by atoms with Crippen LogP contribution in [0, 0.1) is 0 Å². The number of furan rings is 1. The van der Waals surface area contributed by atoms with Crippen molar-refractivity contribution in [2.24, 2.45) is 0 Å².